The third kappa shape index (κ3) is 4.02. The zero-order chi connectivity index (χ0) is 23.8. The molecule has 0 aliphatic rings. The first-order valence-electron chi connectivity index (χ1n) is 10.6. The van der Waals surface area contributed by atoms with Gasteiger partial charge in [0.05, 0.1) is 36.0 Å². The molecule has 4 N–H and O–H groups in total. The molecule has 6 rings (SSSR count). The fourth-order valence-electron chi connectivity index (χ4n) is 3.70. The molecule has 6 aromatic rings. The smallest absolute Gasteiger partial charge is 0.272 e. The second-order valence-corrected chi connectivity index (χ2v) is 7.76. The van der Waals surface area contributed by atoms with Crippen molar-refractivity contribution in [1.29, 1.82) is 0 Å². The van der Waals surface area contributed by atoms with Crippen molar-refractivity contribution in [2.75, 3.05) is 10.6 Å². The monoisotopic (exact) mass is 465 g/mol. The Morgan fingerprint density at radius 2 is 1.83 bits per heavy atom. The van der Waals surface area contributed by atoms with Gasteiger partial charge in [0, 0.05) is 27.5 Å². The van der Waals surface area contributed by atoms with Crippen LogP contribution in [0.5, 0.6) is 0 Å². The first kappa shape index (κ1) is 20.4. The Labute approximate surface area is 196 Å². The van der Waals surface area contributed by atoms with E-state index < -0.39 is 5.82 Å². The maximum atomic E-state index is 14.5. The molecule has 10 nitrogen and oxygen atoms in total. The van der Waals surface area contributed by atoms with Gasteiger partial charge in [-0.1, -0.05) is 12.1 Å². The molecule has 11 heteroatoms. The van der Waals surface area contributed by atoms with Crippen molar-refractivity contribution in [2.24, 2.45) is 0 Å². The molecular weight excluding hydrogens is 449 g/mol. The molecule has 0 radical (unpaired) electrons. The Morgan fingerprint density at radius 1 is 0.886 bits per heavy atom. The molecule has 0 aliphatic heterocycles. The summed E-state index contributed by atoms with van der Waals surface area (Å²) in [7, 11) is 0. The molecule has 2 aromatic carbocycles. The van der Waals surface area contributed by atoms with Crippen molar-refractivity contribution < 1.29 is 9.18 Å². The number of nitrogens with zero attached hydrogens (tertiary/aromatic N) is 5. The maximum Gasteiger partial charge on any atom is 0.272 e. The van der Waals surface area contributed by atoms with E-state index in [4.69, 9.17) is 0 Å². The zero-order valence-corrected chi connectivity index (χ0v) is 18.0. The molecule has 0 spiro atoms. The molecule has 0 atom stereocenters. The zero-order valence-electron chi connectivity index (χ0n) is 18.0. The third-order valence-corrected chi connectivity index (χ3v) is 5.41. The number of carbonyl (C=O) groups excluding carboxylic acids is 1. The highest BCUT2D eigenvalue weighted by atomic mass is 19.1. The number of aromatic amines is 2. The summed E-state index contributed by atoms with van der Waals surface area (Å²) in [5.41, 5.74) is 3.85. The quantitative estimate of drug-likeness (QED) is 0.296. The second-order valence-electron chi connectivity index (χ2n) is 7.76. The number of halogens is 1. The fraction of sp³-hybridized carbons (Fsp3) is 0. The standard InChI is InChI=1S/C24H16FN9O/c25-18-12-26-22(33-23(18)30-16-3-4-19-15(7-16)10-29-34-19)14-2-1-13-8-21(32-20(13)9-14)24(35)31-17-5-6-27-28-11-17/h1-12,32H,(H,29,34)(H,26,30,33)(H,27,31,35). The fourth-order valence-corrected chi connectivity index (χ4v) is 3.70. The number of anilines is 3. The lowest BCUT2D eigenvalue weighted by Crippen LogP contribution is -2.12. The number of H-pyrrole nitrogens is 2. The largest absolute Gasteiger partial charge is 0.350 e. The highest BCUT2D eigenvalue weighted by Gasteiger charge is 2.13. The maximum absolute atomic E-state index is 14.5. The van der Waals surface area contributed by atoms with E-state index in [0.29, 0.717) is 34.0 Å². The normalized spacial score (nSPS) is 11.1. The van der Waals surface area contributed by atoms with Crippen LogP contribution in [-0.4, -0.2) is 41.3 Å². The van der Waals surface area contributed by atoms with Gasteiger partial charge in [0.2, 0.25) is 0 Å². The summed E-state index contributed by atoms with van der Waals surface area (Å²) in [5.74, 6) is -0.500. The van der Waals surface area contributed by atoms with Crippen LogP contribution >= 0.6 is 0 Å². The van der Waals surface area contributed by atoms with Crippen molar-refractivity contribution in [3.05, 3.63) is 84.8 Å². The summed E-state index contributed by atoms with van der Waals surface area (Å²) < 4.78 is 14.5. The van der Waals surface area contributed by atoms with E-state index in [2.05, 4.69) is 46.0 Å². The minimum atomic E-state index is -0.577. The highest BCUT2D eigenvalue weighted by Crippen LogP contribution is 2.26. The van der Waals surface area contributed by atoms with Crippen LogP contribution in [-0.2, 0) is 0 Å². The SMILES string of the molecule is O=C(Nc1ccnnc1)c1cc2ccc(-c3ncc(F)c(Nc4ccc5[nH]ncc5c4)n3)cc2[nH]1. The lowest BCUT2D eigenvalue weighted by Gasteiger charge is -2.08. The van der Waals surface area contributed by atoms with Crippen molar-refractivity contribution >= 4 is 44.9 Å². The third-order valence-electron chi connectivity index (χ3n) is 5.41. The summed E-state index contributed by atoms with van der Waals surface area (Å²) in [6, 6.07) is 14.4. The Morgan fingerprint density at radius 3 is 2.71 bits per heavy atom. The lowest BCUT2D eigenvalue weighted by molar-refractivity contribution is 0.102. The van der Waals surface area contributed by atoms with Crippen LogP contribution in [0.3, 0.4) is 0 Å². The first-order chi connectivity index (χ1) is 17.1. The molecule has 0 fully saturated rings. The van der Waals surface area contributed by atoms with Gasteiger partial charge in [0.25, 0.3) is 5.91 Å². The average Bonchev–Trinajstić information content (AvgIpc) is 3.52. The number of nitrogens with one attached hydrogen (secondary N) is 4. The average molecular weight is 465 g/mol. The van der Waals surface area contributed by atoms with Gasteiger partial charge in [-0.25, -0.2) is 14.4 Å². The summed E-state index contributed by atoms with van der Waals surface area (Å²) in [6.07, 6.45) is 5.77. The number of benzene rings is 2. The Bertz CT molecular complexity index is 1690. The Kier molecular flexibility index (Phi) is 4.84. The van der Waals surface area contributed by atoms with Gasteiger partial charge in [-0.05, 0) is 36.4 Å². The van der Waals surface area contributed by atoms with E-state index >= 15 is 0 Å². The molecule has 4 aromatic heterocycles. The van der Waals surface area contributed by atoms with Gasteiger partial charge in [0.15, 0.2) is 17.5 Å². The number of amides is 1. The highest BCUT2D eigenvalue weighted by molar-refractivity contribution is 6.06. The van der Waals surface area contributed by atoms with Crippen molar-refractivity contribution in [3.8, 4) is 11.4 Å². The molecule has 0 aliphatic carbocycles. The van der Waals surface area contributed by atoms with Gasteiger partial charge in [-0.3, -0.25) is 9.89 Å². The lowest BCUT2D eigenvalue weighted by atomic mass is 10.1. The van der Waals surface area contributed by atoms with E-state index in [-0.39, 0.29) is 11.7 Å². The van der Waals surface area contributed by atoms with Crippen LogP contribution in [0.25, 0.3) is 33.2 Å². The minimum Gasteiger partial charge on any atom is -0.350 e. The van der Waals surface area contributed by atoms with Gasteiger partial charge in [0.1, 0.15) is 5.69 Å². The van der Waals surface area contributed by atoms with E-state index in [1.54, 1.807) is 24.4 Å². The summed E-state index contributed by atoms with van der Waals surface area (Å²) in [5, 5.41) is 21.8. The second kappa shape index (κ2) is 8.30. The van der Waals surface area contributed by atoms with E-state index in [1.807, 2.05) is 30.3 Å². The number of rotatable bonds is 5. The van der Waals surface area contributed by atoms with Crippen molar-refractivity contribution in [3.63, 3.8) is 0 Å². The van der Waals surface area contributed by atoms with E-state index in [9.17, 15) is 9.18 Å². The topological polar surface area (TPSA) is 137 Å². The van der Waals surface area contributed by atoms with Gasteiger partial charge < -0.3 is 15.6 Å². The first-order valence-corrected chi connectivity index (χ1v) is 10.6. The van der Waals surface area contributed by atoms with Crippen molar-refractivity contribution in [2.45, 2.75) is 0 Å². The van der Waals surface area contributed by atoms with Crippen molar-refractivity contribution in [1.82, 2.24) is 35.3 Å². The van der Waals surface area contributed by atoms with E-state index in [1.165, 1.54) is 12.4 Å². The Hall–Kier alpha value is -5.19. The number of hydrogen-bond donors (Lipinski definition) is 4. The molecule has 4 heterocycles. The molecular formula is C24H16FN9O. The van der Waals surface area contributed by atoms with Crippen LogP contribution in [0.4, 0.5) is 21.6 Å². The molecule has 0 saturated heterocycles. The van der Waals surface area contributed by atoms with Gasteiger partial charge in [-0.2, -0.15) is 15.3 Å². The Balaban J connectivity index is 1.28. The minimum absolute atomic E-state index is 0.0513. The molecule has 35 heavy (non-hydrogen) atoms. The molecule has 0 bridgehead atoms. The van der Waals surface area contributed by atoms with Crippen LogP contribution in [0.2, 0.25) is 0 Å². The predicted molar refractivity (Wildman–Crippen MR) is 129 cm³/mol. The summed E-state index contributed by atoms with van der Waals surface area (Å²) in [6.45, 7) is 0. The number of hydrogen-bond acceptors (Lipinski definition) is 7. The predicted octanol–water partition coefficient (Wildman–Crippen LogP) is 4.43. The van der Waals surface area contributed by atoms with Gasteiger partial charge in [-0.15, -0.1) is 0 Å². The number of fused-ring (bicyclic) bond motifs is 2. The van der Waals surface area contributed by atoms with Crippen LogP contribution in [0.15, 0.2) is 73.3 Å². The van der Waals surface area contributed by atoms with E-state index in [0.717, 1.165) is 22.5 Å². The van der Waals surface area contributed by atoms with Crippen LogP contribution < -0.4 is 10.6 Å². The number of aromatic nitrogens is 7. The number of carbonyl (C=O) groups is 1. The van der Waals surface area contributed by atoms with Gasteiger partial charge >= 0.3 is 0 Å². The molecule has 0 saturated carbocycles. The summed E-state index contributed by atoms with van der Waals surface area (Å²) in [4.78, 5) is 24.2. The van der Waals surface area contributed by atoms with Crippen LogP contribution in [0.1, 0.15) is 10.5 Å². The molecule has 0 unspecified atom stereocenters. The molecule has 1 amide bonds. The molecule has 170 valence electrons. The summed E-state index contributed by atoms with van der Waals surface area (Å²) >= 11 is 0. The van der Waals surface area contributed by atoms with Crippen LogP contribution in [0, 0.1) is 5.82 Å².